The minimum Gasteiger partial charge on any atom is -0.388 e. The number of rotatable bonds is 4. The van der Waals surface area contributed by atoms with Crippen molar-refractivity contribution in [2.24, 2.45) is 7.05 Å². The fourth-order valence-corrected chi connectivity index (χ4v) is 2.19. The fourth-order valence-electron chi connectivity index (χ4n) is 2.04. The lowest BCUT2D eigenvalue weighted by molar-refractivity contribution is 0.170. The van der Waals surface area contributed by atoms with Crippen molar-refractivity contribution >= 4 is 11.6 Å². The van der Waals surface area contributed by atoms with Crippen molar-refractivity contribution in [1.29, 1.82) is 0 Å². The molecular weight excluding hydrogens is 286 g/mol. The number of hydrogen-bond acceptors (Lipinski definition) is 2. The van der Waals surface area contributed by atoms with Gasteiger partial charge in [-0.15, -0.1) is 0 Å². The molecule has 2 aromatic rings. The van der Waals surface area contributed by atoms with Gasteiger partial charge in [-0.05, 0) is 24.6 Å². The number of aromatic nitrogens is 2. The molecule has 0 aliphatic rings. The lowest BCUT2D eigenvalue weighted by Crippen LogP contribution is -2.08. The van der Waals surface area contributed by atoms with E-state index in [1.165, 1.54) is 0 Å². The molecule has 1 aromatic carbocycles. The maximum absolute atomic E-state index is 13.7. The maximum atomic E-state index is 13.7. The van der Waals surface area contributed by atoms with Gasteiger partial charge in [0.25, 0.3) is 0 Å². The van der Waals surface area contributed by atoms with Gasteiger partial charge >= 0.3 is 0 Å². The summed E-state index contributed by atoms with van der Waals surface area (Å²) in [5.41, 5.74) is 1.53. The second-order valence-electron chi connectivity index (χ2n) is 4.61. The van der Waals surface area contributed by atoms with E-state index in [0.717, 1.165) is 29.9 Å². The standard InChI is InChI=1S/C14H15ClF2N2O/c1-3-8-4-9(19(2)18-8)5-14(20)10-6-13(17)11(15)7-12(10)16/h4,6-7,14,20H,3,5H2,1-2H3. The summed E-state index contributed by atoms with van der Waals surface area (Å²) in [6.07, 6.45) is -0.225. The van der Waals surface area contributed by atoms with E-state index in [2.05, 4.69) is 5.10 Å². The van der Waals surface area contributed by atoms with Crippen molar-refractivity contribution in [2.45, 2.75) is 25.9 Å². The van der Waals surface area contributed by atoms with E-state index < -0.39 is 17.7 Å². The van der Waals surface area contributed by atoms with E-state index >= 15 is 0 Å². The molecule has 0 saturated heterocycles. The zero-order valence-electron chi connectivity index (χ0n) is 11.2. The highest BCUT2D eigenvalue weighted by molar-refractivity contribution is 6.30. The molecular formula is C14H15ClF2N2O. The Morgan fingerprint density at radius 1 is 1.30 bits per heavy atom. The normalized spacial score (nSPS) is 12.7. The van der Waals surface area contributed by atoms with Crippen molar-refractivity contribution in [1.82, 2.24) is 9.78 Å². The minimum atomic E-state index is -1.15. The van der Waals surface area contributed by atoms with Gasteiger partial charge in [0.2, 0.25) is 0 Å². The highest BCUT2D eigenvalue weighted by Crippen LogP contribution is 2.26. The lowest BCUT2D eigenvalue weighted by atomic mass is 10.0. The molecule has 20 heavy (non-hydrogen) atoms. The predicted molar refractivity (Wildman–Crippen MR) is 72.6 cm³/mol. The number of aliphatic hydroxyl groups excluding tert-OH is 1. The van der Waals surface area contributed by atoms with Crippen LogP contribution in [0.25, 0.3) is 0 Å². The Hall–Kier alpha value is -1.46. The van der Waals surface area contributed by atoms with E-state index in [0.29, 0.717) is 0 Å². The van der Waals surface area contributed by atoms with Gasteiger partial charge in [0, 0.05) is 24.7 Å². The second-order valence-corrected chi connectivity index (χ2v) is 5.02. The lowest BCUT2D eigenvalue weighted by Gasteiger charge is -2.12. The highest BCUT2D eigenvalue weighted by Gasteiger charge is 2.18. The Kier molecular flexibility index (Phi) is 4.40. The van der Waals surface area contributed by atoms with Gasteiger partial charge in [-0.2, -0.15) is 5.10 Å². The zero-order chi connectivity index (χ0) is 14.9. The molecule has 1 heterocycles. The summed E-state index contributed by atoms with van der Waals surface area (Å²) in [4.78, 5) is 0. The second kappa shape index (κ2) is 5.89. The van der Waals surface area contributed by atoms with Gasteiger partial charge in [0.05, 0.1) is 16.8 Å². The monoisotopic (exact) mass is 300 g/mol. The first-order valence-electron chi connectivity index (χ1n) is 6.26. The fraction of sp³-hybridized carbons (Fsp3) is 0.357. The van der Waals surface area contributed by atoms with Crippen molar-refractivity contribution in [3.63, 3.8) is 0 Å². The van der Waals surface area contributed by atoms with E-state index in [1.807, 2.05) is 13.0 Å². The van der Waals surface area contributed by atoms with Gasteiger partial charge in [-0.25, -0.2) is 8.78 Å². The number of aryl methyl sites for hydroxylation is 2. The third-order valence-electron chi connectivity index (χ3n) is 3.19. The molecule has 2 rings (SSSR count). The molecule has 0 aliphatic heterocycles. The smallest absolute Gasteiger partial charge is 0.142 e. The van der Waals surface area contributed by atoms with E-state index in [4.69, 9.17) is 11.6 Å². The topological polar surface area (TPSA) is 38.0 Å². The molecule has 1 aromatic heterocycles. The third-order valence-corrected chi connectivity index (χ3v) is 3.48. The Balaban J connectivity index is 2.25. The van der Waals surface area contributed by atoms with Crippen LogP contribution in [0.4, 0.5) is 8.78 Å². The Bertz CT molecular complexity index is 628. The first-order chi connectivity index (χ1) is 9.42. The van der Waals surface area contributed by atoms with Crippen LogP contribution < -0.4 is 0 Å². The predicted octanol–water partition coefficient (Wildman–Crippen LogP) is 3.19. The quantitative estimate of drug-likeness (QED) is 0.881. The average molecular weight is 301 g/mol. The van der Waals surface area contributed by atoms with E-state index in [-0.39, 0.29) is 17.0 Å². The van der Waals surface area contributed by atoms with Crippen LogP contribution in [0.15, 0.2) is 18.2 Å². The summed E-state index contributed by atoms with van der Waals surface area (Å²) in [6.45, 7) is 1.97. The van der Waals surface area contributed by atoms with Gasteiger partial charge in [-0.1, -0.05) is 18.5 Å². The van der Waals surface area contributed by atoms with Crippen LogP contribution in [0.5, 0.6) is 0 Å². The van der Waals surface area contributed by atoms with Crippen LogP contribution in [-0.2, 0) is 19.9 Å². The summed E-state index contributed by atoms with van der Waals surface area (Å²) in [5.74, 6) is -1.47. The summed E-state index contributed by atoms with van der Waals surface area (Å²) in [6, 6.07) is 3.64. The van der Waals surface area contributed by atoms with Gasteiger partial charge in [0.1, 0.15) is 11.6 Å². The molecule has 108 valence electrons. The third kappa shape index (κ3) is 2.99. The number of nitrogens with zero attached hydrogens (tertiary/aromatic N) is 2. The maximum Gasteiger partial charge on any atom is 0.142 e. The van der Waals surface area contributed by atoms with Crippen molar-refractivity contribution in [3.05, 3.63) is 51.8 Å². The van der Waals surface area contributed by atoms with Crippen molar-refractivity contribution < 1.29 is 13.9 Å². The molecule has 0 fully saturated rings. The minimum absolute atomic E-state index is 0.105. The summed E-state index contributed by atoms with van der Waals surface area (Å²) >= 11 is 5.49. The van der Waals surface area contributed by atoms with Crippen LogP contribution in [0, 0.1) is 11.6 Å². The van der Waals surface area contributed by atoms with Crippen LogP contribution in [0.3, 0.4) is 0 Å². The average Bonchev–Trinajstić information content (AvgIpc) is 2.74. The van der Waals surface area contributed by atoms with Gasteiger partial charge in [0.15, 0.2) is 0 Å². The first-order valence-corrected chi connectivity index (χ1v) is 6.64. The molecule has 0 spiro atoms. The Morgan fingerprint density at radius 3 is 2.60 bits per heavy atom. The SMILES string of the molecule is CCc1cc(CC(O)c2cc(F)c(Cl)cc2F)n(C)n1. The molecule has 0 amide bonds. The number of benzene rings is 1. The molecule has 0 aliphatic carbocycles. The zero-order valence-corrected chi connectivity index (χ0v) is 12.0. The summed E-state index contributed by atoms with van der Waals surface area (Å²) in [7, 11) is 1.75. The first kappa shape index (κ1) is 14.9. The Morgan fingerprint density at radius 2 is 2.00 bits per heavy atom. The molecule has 1 N–H and O–H groups in total. The van der Waals surface area contributed by atoms with Crippen molar-refractivity contribution in [3.8, 4) is 0 Å². The number of aliphatic hydroxyl groups is 1. The van der Waals surface area contributed by atoms with Crippen molar-refractivity contribution in [2.75, 3.05) is 0 Å². The molecule has 3 nitrogen and oxygen atoms in total. The molecule has 0 radical (unpaired) electrons. The molecule has 1 atom stereocenters. The summed E-state index contributed by atoms with van der Waals surface area (Å²) < 4.78 is 28.7. The highest BCUT2D eigenvalue weighted by atomic mass is 35.5. The number of hydrogen-bond donors (Lipinski definition) is 1. The van der Waals surface area contributed by atoms with Crippen LogP contribution >= 0.6 is 11.6 Å². The van der Waals surface area contributed by atoms with E-state index in [1.54, 1.807) is 11.7 Å². The number of halogens is 3. The van der Waals surface area contributed by atoms with E-state index in [9.17, 15) is 13.9 Å². The Labute approximate surface area is 120 Å². The van der Waals surface area contributed by atoms with Gasteiger partial charge in [-0.3, -0.25) is 4.68 Å². The molecule has 6 heteroatoms. The summed E-state index contributed by atoms with van der Waals surface area (Å²) in [5, 5.41) is 14.0. The molecule has 0 bridgehead atoms. The van der Waals surface area contributed by atoms with Crippen LogP contribution in [0.1, 0.15) is 30.0 Å². The largest absolute Gasteiger partial charge is 0.388 e. The molecule has 0 saturated carbocycles. The van der Waals surface area contributed by atoms with Gasteiger partial charge < -0.3 is 5.11 Å². The van der Waals surface area contributed by atoms with Crippen LogP contribution in [0.2, 0.25) is 5.02 Å². The molecule has 1 unspecified atom stereocenters. The van der Waals surface area contributed by atoms with Crippen LogP contribution in [-0.4, -0.2) is 14.9 Å².